The highest BCUT2D eigenvalue weighted by Gasteiger charge is 2.44. The first-order chi connectivity index (χ1) is 10.8. The van der Waals surface area contributed by atoms with E-state index in [1.165, 1.54) is 24.2 Å². The van der Waals surface area contributed by atoms with Gasteiger partial charge < -0.3 is 9.64 Å². The van der Waals surface area contributed by atoms with E-state index in [-0.39, 0.29) is 5.91 Å². The van der Waals surface area contributed by atoms with Gasteiger partial charge in [0.15, 0.2) is 0 Å². The molecule has 6 heteroatoms. The second-order valence-corrected chi connectivity index (χ2v) is 7.66. The zero-order valence-corrected chi connectivity index (χ0v) is 13.7. The summed E-state index contributed by atoms with van der Waals surface area (Å²) in [5.74, 6) is 0.114. The minimum Gasteiger partial charge on any atom is -0.380 e. The molecule has 0 radical (unpaired) electrons. The number of hydrogen-bond acceptors (Lipinski definition) is 5. The summed E-state index contributed by atoms with van der Waals surface area (Å²) in [7, 11) is 0. The summed E-state index contributed by atoms with van der Waals surface area (Å²) in [6.45, 7) is 5.85. The molecule has 5 nitrogen and oxygen atoms in total. The molecule has 22 heavy (non-hydrogen) atoms. The molecule has 3 fully saturated rings. The van der Waals surface area contributed by atoms with Crippen LogP contribution in [0.1, 0.15) is 36.2 Å². The highest BCUT2D eigenvalue weighted by atomic mass is 32.1. The third kappa shape index (κ3) is 2.68. The standard InChI is InChI=1S/C16H23N3O2S/c20-15(14-9-22-12-17-14)19-5-1-3-16(11-19)4-6-18(10-16)13-2-7-21-8-13/h9,12-13H,1-8,10-11H2/t13-,16-/m1/s1. The number of carbonyl (C=O) groups is 1. The zero-order valence-electron chi connectivity index (χ0n) is 12.9. The number of nitrogens with zero attached hydrogens (tertiary/aromatic N) is 3. The van der Waals surface area contributed by atoms with Gasteiger partial charge in [-0.05, 0) is 32.2 Å². The van der Waals surface area contributed by atoms with Crippen molar-refractivity contribution in [3.8, 4) is 0 Å². The van der Waals surface area contributed by atoms with Crippen molar-refractivity contribution in [3.05, 3.63) is 16.6 Å². The molecule has 0 bridgehead atoms. The maximum absolute atomic E-state index is 12.6. The molecule has 3 aliphatic heterocycles. The van der Waals surface area contributed by atoms with Crippen LogP contribution in [-0.2, 0) is 4.74 Å². The highest BCUT2D eigenvalue weighted by molar-refractivity contribution is 7.07. The number of rotatable bonds is 2. The number of piperidine rings is 1. The van der Waals surface area contributed by atoms with Crippen molar-refractivity contribution in [1.82, 2.24) is 14.8 Å². The van der Waals surface area contributed by atoms with Gasteiger partial charge in [0.2, 0.25) is 0 Å². The lowest BCUT2D eigenvalue weighted by Crippen LogP contribution is -2.48. The van der Waals surface area contributed by atoms with Crippen molar-refractivity contribution in [1.29, 1.82) is 0 Å². The number of hydrogen-bond donors (Lipinski definition) is 0. The van der Waals surface area contributed by atoms with E-state index in [2.05, 4.69) is 9.88 Å². The van der Waals surface area contributed by atoms with Gasteiger partial charge in [0, 0.05) is 43.1 Å². The van der Waals surface area contributed by atoms with Gasteiger partial charge in [0.25, 0.3) is 5.91 Å². The maximum atomic E-state index is 12.6. The summed E-state index contributed by atoms with van der Waals surface area (Å²) in [5, 5.41) is 1.86. The molecular formula is C16H23N3O2S. The lowest BCUT2D eigenvalue weighted by atomic mass is 9.79. The Morgan fingerprint density at radius 3 is 3.09 bits per heavy atom. The first-order valence-electron chi connectivity index (χ1n) is 8.25. The first kappa shape index (κ1) is 14.6. The summed E-state index contributed by atoms with van der Waals surface area (Å²) in [4.78, 5) is 21.4. The molecule has 4 heterocycles. The average molecular weight is 321 g/mol. The lowest BCUT2D eigenvalue weighted by Gasteiger charge is -2.40. The fourth-order valence-electron chi connectivity index (χ4n) is 4.29. The SMILES string of the molecule is O=C(c1cscn1)N1CCC[C@]2(CCN([C@@H]3CCOC3)C2)C1. The molecule has 1 aromatic heterocycles. The normalized spacial score (nSPS) is 32.9. The van der Waals surface area contributed by atoms with E-state index in [0.29, 0.717) is 17.2 Å². The summed E-state index contributed by atoms with van der Waals surface area (Å²) in [5.41, 5.74) is 2.65. The molecule has 3 aliphatic rings. The Balaban J connectivity index is 1.43. The van der Waals surface area contributed by atoms with E-state index in [0.717, 1.165) is 52.2 Å². The van der Waals surface area contributed by atoms with Gasteiger partial charge >= 0.3 is 0 Å². The molecule has 4 rings (SSSR count). The van der Waals surface area contributed by atoms with Gasteiger partial charge in [-0.2, -0.15) is 0 Å². The number of aromatic nitrogens is 1. The molecule has 2 atom stereocenters. The Morgan fingerprint density at radius 2 is 2.32 bits per heavy atom. The molecule has 0 aromatic carbocycles. The number of thiazole rings is 1. The van der Waals surface area contributed by atoms with Gasteiger partial charge in [-0.15, -0.1) is 11.3 Å². The second kappa shape index (κ2) is 5.91. The molecular weight excluding hydrogens is 298 g/mol. The lowest BCUT2D eigenvalue weighted by molar-refractivity contribution is 0.0506. The third-order valence-corrected chi connectivity index (χ3v) is 6.08. The Morgan fingerprint density at radius 1 is 1.36 bits per heavy atom. The van der Waals surface area contributed by atoms with Crippen LogP contribution in [0.25, 0.3) is 0 Å². The van der Waals surface area contributed by atoms with Crippen LogP contribution in [0.3, 0.4) is 0 Å². The fourth-order valence-corrected chi connectivity index (χ4v) is 4.81. The minimum atomic E-state index is 0.114. The van der Waals surface area contributed by atoms with Gasteiger partial charge in [0.05, 0.1) is 12.1 Å². The predicted molar refractivity (Wildman–Crippen MR) is 85.1 cm³/mol. The molecule has 0 unspecified atom stereocenters. The Kier molecular flexibility index (Phi) is 3.92. The highest BCUT2D eigenvalue weighted by Crippen LogP contribution is 2.40. The molecule has 120 valence electrons. The summed E-state index contributed by atoms with van der Waals surface area (Å²) in [6.07, 6.45) is 4.74. The van der Waals surface area contributed by atoms with E-state index in [1.54, 1.807) is 5.51 Å². The summed E-state index contributed by atoms with van der Waals surface area (Å²) >= 11 is 1.49. The second-order valence-electron chi connectivity index (χ2n) is 6.94. The van der Waals surface area contributed by atoms with E-state index >= 15 is 0 Å². The Labute approximate surface area is 135 Å². The van der Waals surface area contributed by atoms with Crippen molar-refractivity contribution < 1.29 is 9.53 Å². The van der Waals surface area contributed by atoms with Crippen molar-refractivity contribution >= 4 is 17.2 Å². The van der Waals surface area contributed by atoms with Crippen LogP contribution in [-0.4, -0.2) is 66.1 Å². The molecule has 1 amide bonds. The van der Waals surface area contributed by atoms with Crippen LogP contribution in [0.4, 0.5) is 0 Å². The molecule has 0 aliphatic carbocycles. The minimum absolute atomic E-state index is 0.114. The van der Waals surface area contributed by atoms with Gasteiger partial charge in [-0.3, -0.25) is 9.69 Å². The topological polar surface area (TPSA) is 45.7 Å². The van der Waals surface area contributed by atoms with Crippen molar-refractivity contribution in [2.75, 3.05) is 39.4 Å². The Hall–Kier alpha value is -0.980. The van der Waals surface area contributed by atoms with Crippen molar-refractivity contribution in [3.63, 3.8) is 0 Å². The van der Waals surface area contributed by atoms with Gasteiger partial charge in [-0.25, -0.2) is 4.98 Å². The van der Waals surface area contributed by atoms with Crippen LogP contribution in [0, 0.1) is 5.41 Å². The molecule has 1 aromatic rings. The van der Waals surface area contributed by atoms with Crippen LogP contribution in [0.15, 0.2) is 10.9 Å². The van der Waals surface area contributed by atoms with Crippen molar-refractivity contribution in [2.45, 2.75) is 31.7 Å². The quantitative estimate of drug-likeness (QED) is 0.834. The zero-order chi connectivity index (χ0) is 15.0. The predicted octanol–water partition coefficient (Wildman–Crippen LogP) is 1.86. The van der Waals surface area contributed by atoms with Crippen molar-refractivity contribution in [2.24, 2.45) is 5.41 Å². The number of amides is 1. The van der Waals surface area contributed by atoms with Crippen LogP contribution in [0.2, 0.25) is 0 Å². The van der Waals surface area contributed by atoms with E-state index in [9.17, 15) is 4.79 Å². The van der Waals surface area contributed by atoms with E-state index in [4.69, 9.17) is 4.74 Å². The number of likely N-dealkylation sites (tertiary alicyclic amines) is 2. The molecule has 3 saturated heterocycles. The molecule has 1 spiro atoms. The summed E-state index contributed by atoms with van der Waals surface area (Å²) in [6, 6.07) is 0.601. The van der Waals surface area contributed by atoms with E-state index < -0.39 is 0 Å². The Bertz CT molecular complexity index is 530. The monoisotopic (exact) mass is 321 g/mol. The van der Waals surface area contributed by atoms with Crippen LogP contribution >= 0.6 is 11.3 Å². The van der Waals surface area contributed by atoms with Gasteiger partial charge in [0.1, 0.15) is 5.69 Å². The van der Waals surface area contributed by atoms with Crippen LogP contribution < -0.4 is 0 Å². The smallest absolute Gasteiger partial charge is 0.273 e. The number of ether oxygens (including phenoxy) is 1. The molecule has 0 saturated carbocycles. The molecule has 0 N–H and O–H groups in total. The third-order valence-electron chi connectivity index (χ3n) is 5.49. The first-order valence-corrected chi connectivity index (χ1v) is 9.19. The average Bonchev–Trinajstić information content (AvgIpc) is 3.28. The number of carbonyl (C=O) groups excluding carboxylic acids is 1. The fraction of sp³-hybridized carbons (Fsp3) is 0.750. The largest absolute Gasteiger partial charge is 0.380 e. The summed E-state index contributed by atoms with van der Waals surface area (Å²) < 4.78 is 5.54. The van der Waals surface area contributed by atoms with Gasteiger partial charge in [-0.1, -0.05) is 0 Å². The van der Waals surface area contributed by atoms with E-state index in [1.807, 2.05) is 10.3 Å². The van der Waals surface area contributed by atoms with Crippen LogP contribution in [0.5, 0.6) is 0 Å². The maximum Gasteiger partial charge on any atom is 0.273 e.